The van der Waals surface area contributed by atoms with Crippen molar-refractivity contribution in [3.63, 3.8) is 0 Å². The second-order valence-electron chi connectivity index (χ2n) is 5.17. The number of hydrogen-bond donors (Lipinski definition) is 2. The third kappa shape index (κ3) is 2.12. The average Bonchev–Trinajstić information content (AvgIpc) is 2.59. The number of benzene rings is 1. The molecule has 2 nitrogen and oxygen atoms in total. The van der Waals surface area contributed by atoms with Crippen LogP contribution >= 0.6 is 0 Å². The van der Waals surface area contributed by atoms with Gasteiger partial charge in [0.15, 0.2) is 0 Å². The second kappa shape index (κ2) is 3.95. The van der Waals surface area contributed by atoms with E-state index in [1.807, 2.05) is 0 Å². The van der Waals surface area contributed by atoms with Crippen molar-refractivity contribution in [2.24, 2.45) is 5.73 Å². The molecule has 0 saturated carbocycles. The summed E-state index contributed by atoms with van der Waals surface area (Å²) in [6.45, 7) is 6.31. The molecule has 0 aliphatic rings. The van der Waals surface area contributed by atoms with Crippen molar-refractivity contribution in [2.75, 3.05) is 0 Å². The number of aryl methyl sites for hydroxylation is 1. The Morgan fingerprint density at radius 1 is 1.25 bits per heavy atom. The van der Waals surface area contributed by atoms with E-state index in [1.54, 1.807) is 0 Å². The first-order chi connectivity index (χ1) is 7.51. The van der Waals surface area contributed by atoms with E-state index in [2.05, 4.69) is 50.2 Å². The Labute approximate surface area is 96.9 Å². The summed E-state index contributed by atoms with van der Waals surface area (Å²) >= 11 is 0. The van der Waals surface area contributed by atoms with Crippen LogP contribution in [-0.4, -0.2) is 10.5 Å². The van der Waals surface area contributed by atoms with Gasteiger partial charge in [-0.2, -0.15) is 0 Å². The van der Waals surface area contributed by atoms with Crippen molar-refractivity contribution >= 4 is 10.9 Å². The van der Waals surface area contributed by atoms with E-state index >= 15 is 0 Å². The molecule has 0 aliphatic carbocycles. The highest BCUT2D eigenvalue weighted by molar-refractivity contribution is 5.86. The molecule has 2 rings (SSSR count). The fraction of sp³-hybridized carbons (Fsp3) is 0.429. The van der Waals surface area contributed by atoms with Crippen molar-refractivity contribution < 1.29 is 0 Å². The van der Waals surface area contributed by atoms with Crippen LogP contribution in [0.25, 0.3) is 10.9 Å². The maximum atomic E-state index is 6.07. The van der Waals surface area contributed by atoms with Crippen LogP contribution in [0, 0.1) is 0 Å². The number of nitrogens with two attached hydrogens (primary N) is 1. The zero-order chi connectivity index (χ0) is 11.8. The van der Waals surface area contributed by atoms with E-state index in [4.69, 9.17) is 5.73 Å². The van der Waals surface area contributed by atoms with E-state index in [-0.39, 0.29) is 5.54 Å². The Hall–Kier alpha value is -1.28. The highest BCUT2D eigenvalue weighted by atomic mass is 14.7. The molecule has 0 saturated heterocycles. The second-order valence-corrected chi connectivity index (χ2v) is 5.17. The van der Waals surface area contributed by atoms with Crippen molar-refractivity contribution in [2.45, 2.75) is 39.2 Å². The molecular formula is C14H20N2. The lowest BCUT2D eigenvalue weighted by molar-refractivity contribution is 0.518. The predicted octanol–water partition coefficient (Wildman–Crippen LogP) is 3.01. The summed E-state index contributed by atoms with van der Waals surface area (Å²) < 4.78 is 0. The lowest BCUT2D eigenvalue weighted by Gasteiger charge is -2.17. The lowest BCUT2D eigenvalue weighted by Crippen LogP contribution is -2.34. The minimum atomic E-state index is -0.155. The molecule has 3 N–H and O–H groups in total. The zero-order valence-corrected chi connectivity index (χ0v) is 10.3. The molecule has 1 aromatic carbocycles. The Kier molecular flexibility index (Phi) is 2.76. The van der Waals surface area contributed by atoms with Gasteiger partial charge in [0, 0.05) is 22.6 Å². The van der Waals surface area contributed by atoms with Gasteiger partial charge in [-0.05, 0) is 37.8 Å². The van der Waals surface area contributed by atoms with Gasteiger partial charge in [-0.1, -0.05) is 25.1 Å². The summed E-state index contributed by atoms with van der Waals surface area (Å²) in [5.41, 5.74) is 9.88. The molecule has 0 radical (unpaired) electrons. The number of aromatic amines is 1. The van der Waals surface area contributed by atoms with Crippen LogP contribution in [0.3, 0.4) is 0 Å². The fourth-order valence-corrected chi connectivity index (χ4v) is 2.21. The van der Waals surface area contributed by atoms with Crippen LogP contribution in [0.5, 0.6) is 0 Å². The van der Waals surface area contributed by atoms with Gasteiger partial charge in [0.2, 0.25) is 0 Å². The van der Waals surface area contributed by atoms with Crippen molar-refractivity contribution in [3.8, 4) is 0 Å². The number of fused-ring (bicyclic) bond motifs is 1. The minimum absolute atomic E-state index is 0.155. The Morgan fingerprint density at radius 3 is 2.62 bits per heavy atom. The molecule has 1 heterocycles. The quantitative estimate of drug-likeness (QED) is 0.813. The standard InChI is InChI=1S/C14H20N2/c1-4-10-6-5-7-12-11(8-14(2,3)15)9-16-13(10)12/h5-7,9,16H,4,8,15H2,1-3H3. The first kappa shape index (κ1) is 11.2. The summed E-state index contributed by atoms with van der Waals surface area (Å²) in [6, 6.07) is 6.48. The van der Waals surface area contributed by atoms with Crippen molar-refractivity contribution in [1.29, 1.82) is 0 Å². The summed E-state index contributed by atoms with van der Waals surface area (Å²) in [5, 5.41) is 1.32. The number of nitrogens with one attached hydrogen (secondary N) is 1. The van der Waals surface area contributed by atoms with Crippen LogP contribution in [0.15, 0.2) is 24.4 Å². The minimum Gasteiger partial charge on any atom is -0.361 e. The molecule has 1 aromatic heterocycles. The molecule has 16 heavy (non-hydrogen) atoms. The Bertz CT molecular complexity index is 489. The predicted molar refractivity (Wildman–Crippen MR) is 69.6 cm³/mol. The molecule has 0 atom stereocenters. The number of hydrogen-bond acceptors (Lipinski definition) is 1. The van der Waals surface area contributed by atoms with Crippen LogP contribution in [0.4, 0.5) is 0 Å². The van der Waals surface area contributed by atoms with Gasteiger partial charge in [0.25, 0.3) is 0 Å². The molecule has 2 heteroatoms. The Morgan fingerprint density at radius 2 is 2.00 bits per heavy atom. The number of aromatic nitrogens is 1. The zero-order valence-electron chi connectivity index (χ0n) is 10.3. The maximum absolute atomic E-state index is 6.07. The molecule has 0 aliphatic heterocycles. The third-order valence-corrected chi connectivity index (χ3v) is 2.91. The lowest BCUT2D eigenvalue weighted by atomic mass is 9.95. The normalized spacial score (nSPS) is 12.2. The number of para-hydroxylation sites is 1. The molecule has 2 aromatic rings. The molecule has 86 valence electrons. The van der Waals surface area contributed by atoms with Crippen LogP contribution in [0.1, 0.15) is 31.9 Å². The highest BCUT2D eigenvalue weighted by Crippen LogP contribution is 2.24. The summed E-state index contributed by atoms with van der Waals surface area (Å²) in [5.74, 6) is 0. The topological polar surface area (TPSA) is 41.8 Å². The van der Waals surface area contributed by atoms with Crippen LogP contribution in [0.2, 0.25) is 0 Å². The van der Waals surface area contributed by atoms with Crippen molar-refractivity contribution in [1.82, 2.24) is 4.98 Å². The van der Waals surface area contributed by atoms with Gasteiger partial charge in [0.05, 0.1) is 0 Å². The first-order valence-corrected chi connectivity index (χ1v) is 5.88. The van der Waals surface area contributed by atoms with E-state index in [1.165, 1.54) is 22.0 Å². The highest BCUT2D eigenvalue weighted by Gasteiger charge is 2.15. The van der Waals surface area contributed by atoms with Crippen LogP contribution < -0.4 is 5.73 Å². The monoisotopic (exact) mass is 216 g/mol. The summed E-state index contributed by atoms with van der Waals surface area (Å²) in [6.07, 6.45) is 4.06. The fourth-order valence-electron chi connectivity index (χ4n) is 2.21. The van der Waals surface area contributed by atoms with Gasteiger partial charge in [0.1, 0.15) is 0 Å². The first-order valence-electron chi connectivity index (χ1n) is 5.88. The smallest absolute Gasteiger partial charge is 0.0489 e. The van der Waals surface area contributed by atoms with E-state index < -0.39 is 0 Å². The van der Waals surface area contributed by atoms with Gasteiger partial charge in [-0.25, -0.2) is 0 Å². The van der Waals surface area contributed by atoms with Crippen molar-refractivity contribution in [3.05, 3.63) is 35.5 Å². The molecule has 0 spiro atoms. The SMILES string of the molecule is CCc1cccc2c(CC(C)(C)N)c[nH]c12. The maximum Gasteiger partial charge on any atom is 0.0489 e. The van der Waals surface area contributed by atoms with Gasteiger partial charge in [-0.15, -0.1) is 0 Å². The number of rotatable bonds is 3. The van der Waals surface area contributed by atoms with E-state index in [9.17, 15) is 0 Å². The summed E-state index contributed by atoms with van der Waals surface area (Å²) in [4.78, 5) is 3.37. The molecule has 0 bridgehead atoms. The average molecular weight is 216 g/mol. The van der Waals surface area contributed by atoms with E-state index in [0.717, 1.165) is 12.8 Å². The van der Waals surface area contributed by atoms with E-state index in [0.29, 0.717) is 0 Å². The molecule has 0 amide bonds. The Balaban J connectivity index is 2.49. The molecule has 0 unspecified atom stereocenters. The van der Waals surface area contributed by atoms with Gasteiger partial charge in [-0.3, -0.25) is 0 Å². The summed E-state index contributed by atoms with van der Waals surface area (Å²) in [7, 11) is 0. The third-order valence-electron chi connectivity index (χ3n) is 2.91. The molecular weight excluding hydrogens is 196 g/mol. The number of H-pyrrole nitrogens is 1. The van der Waals surface area contributed by atoms with Gasteiger partial charge >= 0.3 is 0 Å². The largest absolute Gasteiger partial charge is 0.361 e. The van der Waals surface area contributed by atoms with Gasteiger partial charge < -0.3 is 10.7 Å². The molecule has 0 fully saturated rings. The van der Waals surface area contributed by atoms with Crippen LogP contribution in [-0.2, 0) is 12.8 Å².